The summed E-state index contributed by atoms with van der Waals surface area (Å²) in [6, 6.07) is 15.2. The van der Waals surface area contributed by atoms with Crippen LogP contribution in [0.3, 0.4) is 0 Å². The molecule has 2 rings (SSSR count). The monoisotopic (exact) mass is 445 g/mol. The van der Waals surface area contributed by atoms with E-state index in [2.05, 4.69) is 31.8 Å². The lowest BCUT2D eigenvalue weighted by molar-refractivity contribution is -0.123. The Morgan fingerprint density at radius 2 is 1.86 bits per heavy atom. The van der Waals surface area contributed by atoms with E-state index in [0.29, 0.717) is 11.5 Å². The SMILES string of the molecule is C/C(CC(=O)N[C@H](C)c1ccccc1)=N/NC(=O)COc1ccc(C)cc1Br. The lowest BCUT2D eigenvalue weighted by Gasteiger charge is -2.14. The average molecular weight is 446 g/mol. The molecule has 0 unspecified atom stereocenters. The van der Waals surface area contributed by atoms with E-state index >= 15 is 0 Å². The Labute approximate surface area is 173 Å². The smallest absolute Gasteiger partial charge is 0.277 e. The van der Waals surface area contributed by atoms with Gasteiger partial charge in [-0.3, -0.25) is 9.59 Å². The van der Waals surface area contributed by atoms with Crippen LogP contribution in [0.25, 0.3) is 0 Å². The van der Waals surface area contributed by atoms with Gasteiger partial charge in [-0.05, 0) is 60.0 Å². The number of rotatable bonds is 8. The Bertz CT molecular complexity index is 853. The summed E-state index contributed by atoms with van der Waals surface area (Å²) >= 11 is 3.39. The molecule has 0 aliphatic heterocycles. The van der Waals surface area contributed by atoms with Crippen LogP contribution in [0, 0.1) is 6.92 Å². The number of hydrogen-bond acceptors (Lipinski definition) is 4. The molecular formula is C21H24BrN3O3. The molecule has 0 bridgehead atoms. The summed E-state index contributed by atoms with van der Waals surface area (Å²) in [5.41, 5.74) is 5.02. The van der Waals surface area contributed by atoms with Crippen molar-refractivity contribution in [3.8, 4) is 5.75 Å². The zero-order valence-corrected chi connectivity index (χ0v) is 17.7. The van der Waals surface area contributed by atoms with Gasteiger partial charge in [-0.1, -0.05) is 36.4 Å². The lowest BCUT2D eigenvalue weighted by atomic mass is 10.1. The molecule has 0 saturated carbocycles. The molecular weight excluding hydrogens is 422 g/mol. The predicted octanol–water partition coefficient (Wildman–Crippen LogP) is 3.90. The fraction of sp³-hybridized carbons (Fsp3) is 0.286. The second-order valence-corrected chi connectivity index (χ2v) is 7.34. The Kier molecular flexibility index (Phi) is 8.19. The van der Waals surface area contributed by atoms with E-state index in [4.69, 9.17) is 4.74 Å². The Hall–Kier alpha value is -2.67. The zero-order valence-electron chi connectivity index (χ0n) is 16.2. The minimum absolute atomic E-state index is 0.0990. The quantitative estimate of drug-likeness (QED) is 0.477. The van der Waals surface area contributed by atoms with Crippen LogP contribution in [0.15, 0.2) is 58.1 Å². The van der Waals surface area contributed by atoms with Gasteiger partial charge in [0.25, 0.3) is 5.91 Å². The maximum Gasteiger partial charge on any atom is 0.277 e. The first-order valence-corrected chi connectivity index (χ1v) is 9.69. The summed E-state index contributed by atoms with van der Waals surface area (Å²) in [4.78, 5) is 24.0. The van der Waals surface area contributed by atoms with Gasteiger partial charge in [0.15, 0.2) is 6.61 Å². The van der Waals surface area contributed by atoms with Gasteiger partial charge < -0.3 is 10.1 Å². The number of aryl methyl sites for hydroxylation is 1. The number of hydrazone groups is 1. The molecule has 148 valence electrons. The van der Waals surface area contributed by atoms with Gasteiger partial charge in [0, 0.05) is 5.71 Å². The lowest BCUT2D eigenvalue weighted by Crippen LogP contribution is -2.29. The summed E-state index contributed by atoms with van der Waals surface area (Å²) in [5, 5.41) is 6.87. The number of nitrogens with zero attached hydrogens (tertiary/aromatic N) is 1. The Morgan fingerprint density at radius 3 is 2.54 bits per heavy atom. The van der Waals surface area contributed by atoms with Gasteiger partial charge in [-0.15, -0.1) is 0 Å². The molecule has 2 aromatic carbocycles. The van der Waals surface area contributed by atoms with Crippen molar-refractivity contribution in [2.24, 2.45) is 5.10 Å². The zero-order chi connectivity index (χ0) is 20.5. The molecule has 0 heterocycles. The number of carbonyl (C=O) groups is 2. The van der Waals surface area contributed by atoms with Gasteiger partial charge in [0.2, 0.25) is 5.91 Å². The number of amides is 2. The number of nitrogens with one attached hydrogen (secondary N) is 2. The summed E-state index contributed by atoms with van der Waals surface area (Å²) in [6.45, 7) is 5.40. The fourth-order valence-corrected chi connectivity index (χ4v) is 3.05. The molecule has 28 heavy (non-hydrogen) atoms. The molecule has 0 spiro atoms. The maximum absolute atomic E-state index is 12.1. The number of hydrogen-bond donors (Lipinski definition) is 2. The first kappa shape index (κ1) is 21.6. The third-order valence-electron chi connectivity index (χ3n) is 3.91. The molecule has 0 aromatic heterocycles. The maximum atomic E-state index is 12.1. The van der Waals surface area contributed by atoms with Crippen LogP contribution in [-0.2, 0) is 9.59 Å². The van der Waals surface area contributed by atoms with Crippen LogP contribution in [0.4, 0.5) is 0 Å². The van der Waals surface area contributed by atoms with Gasteiger partial charge in [0.1, 0.15) is 5.75 Å². The molecule has 0 aliphatic carbocycles. The highest BCUT2D eigenvalue weighted by molar-refractivity contribution is 9.10. The minimum atomic E-state index is -0.398. The second-order valence-electron chi connectivity index (χ2n) is 6.48. The van der Waals surface area contributed by atoms with Crippen LogP contribution < -0.4 is 15.5 Å². The third kappa shape index (κ3) is 7.15. The first-order valence-electron chi connectivity index (χ1n) is 8.90. The summed E-state index contributed by atoms with van der Waals surface area (Å²) in [6.07, 6.45) is 0.0990. The topological polar surface area (TPSA) is 79.8 Å². The normalized spacial score (nSPS) is 12.2. The minimum Gasteiger partial charge on any atom is -0.483 e. The van der Waals surface area contributed by atoms with Crippen molar-refractivity contribution in [2.45, 2.75) is 33.2 Å². The van der Waals surface area contributed by atoms with Crippen molar-refractivity contribution in [1.29, 1.82) is 0 Å². The van der Waals surface area contributed by atoms with Crippen LogP contribution in [-0.4, -0.2) is 24.1 Å². The van der Waals surface area contributed by atoms with Crippen LogP contribution >= 0.6 is 15.9 Å². The van der Waals surface area contributed by atoms with Crippen molar-refractivity contribution in [1.82, 2.24) is 10.7 Å². The van der Waals surface area contributed by atoms with Crippen molar-refractivity contribution in [2.75, 3.05) is 6.61 Å². The molecule has 6 nitrogen and oxygen atoms in total. The van der Waals surface area contributed by atoms with E-state index in [0.717, 1.165) is 15.6 Å². The van der Waals surface area contributed by atoms with Gasteiger partial charge in [0.05, 0.1) is 16.9 Å². The van der Waals surface area contributed by atoms with Crippen molar-refractivity contribution >= 4 is 33.5 Å². The van der Waals surface area contributed by atoms with E-state index in [9.17, 15) is 9.59 Å². The molecule has 0 aliphatic rings. The molecule has 2 aromatic rings. The number of halogens is 1. The van der Waals surface area contributed by atoms with Crippen molar-refractivity contribution < 1.29 is 14.3 Å². The van der Waals surface area contributed by atoms with E-state index in [1.807, 2.05) is 56.3 Å². The average Bonchev–Trinajstić information content (AvgIpc) is 2.66. The van der Waals surface area contributed by atoms with Gasteiger partial charge >= 0.3 is 0 Å². The molecule has 7 heteroatoms. The van der Waals surface area contributed by atoms with Crippen molar-refractivity contribution in [3.05, 3.63) is 64.1 Å². The van der Waals surface area contributed by atoms with Crippen LogP contribution in [0.1, 0.15) is 37.4 Å². The molecule has 0 radical (unpaired) electrons. The van der Waals surface area contributed by atoms with E-state index in [-0.39, 0.29) is 25.0 Å². The number of carbonyl (C=O) groups excluding carboxylic acids is 2. The molecule has 0 saturated heterocycles. The van der Waals surface area contributed by atoms with E-state index < -0.39 is 5.91 Å². The summed E-state index contributed by atoms with van der Waals surface area (Å²) < 4.78 is 6.24. The van der Waals surface area contributed by atoms with Gasteiger partial charge in [-0.25, -0.2) is 5.43 Å². The number of benzene rings is 2. The fourth-order valence-electron chi connectivity index (χ4n) is 2.45. The van der Waals surface area contributed by atoms with Crippen LogP contribution in [0.5, 0.6) is 5.75 Å². The highest BCUT2D eigenvalue weighted by atomic mass is 79.9. The van der Waals surface area contributed by atoms with Crippen LogP contribution in [0.2, 0.25) is 0 Å². The third-order valence-corrected chi connectivity index (χ3v) is 4.53. The van der Waals surface area contributed by atoms with Gasteiger partial charge in [-0.2, -0.15) is 5.10 Å². The predicted molar refractivity (Wildman–Crippen MR) is 113 cm³/mol. The van der Waals surface area contributed by atoms with E-state index in [1.165, 1.54) is 0 Å². The molecule has 2 amide bonds. The number of ether oxygens (including phenoxy) is 1. The summed E-state index contributed by atoms with van der Waals surface area (Å²) in [7, 11) is 0. The molecule has 0 fully saturated rings. The largest absolute Gasteiger partial charge is 0.483 e. The Balaban J connectivity index is 1.76. The Morgan fingerprint density at radius 1 is 1.14 bits per heavy atom. The highest BCUT2D eigenvalue weighted by Crippen LogP contribution is 2.25. The summed E-state index contributed by atoms with van der Waals surface area (Å²) in [5.74, 6) is 0.0207. The molecule has 2 N–H and O–H groups in total. The molecule has 1 atom stereocenters. The van der Waals surface area contributed by atoms with E-state index in [1.54, 1.807) is 13.0 Å². The highest BCUT2D eigenvalue weighted by Gasteiger charge is 2.11. The standard InChI is InChI=1S/C21H24BrN3O3/c1-14-9-10-19(18(22)11-14)28-13-21(27)25-24-15(2)12-20(26)23-16(3)17-7-5-4-6-8-17/h4-11,16H,12-13H2,1-3H3,(H,23,26)(H,25,27)/b24-15-/t16-/m1/s1. The first-order chi connectivity index (χ1) is 13.3. The second kappa shape index (κ2) is 10.6. The van der Waals surface area contributed by atoms with Crippen molar-refractivity contribution in [3.63, 3.8) is 0 Å².